The van der Waals surface area contributed by atoms with Crippen molar-refractivity contribution in [2.24, 2.45) is 0 Å². The van der Waals surface area contributed by atoms with Crippen LogP contribution in [0, 0.1) is 0 Å². The van der Waals surface area contributed by atoms with Crippen molar-refractivity contribution < 1.29 is 4.74 Å². The summed E-state index contributed by atoms with van der Waals surface area (Å²) in [5.74, 6) is 0. The molecule has 3 rings (SSSR count). The molecule has 2 saturated heterocycles. The Morgan fingerprint density at radius 2 is 2.18 bits per heavy atom. The van der Waals surface area contributed by atoms with Crippen molar-refractivity contribution in [1.82, 2.24) is 10.3 Å². The molecular weight excluding hydrogens is 214 g/mol. The van der Waals surface area contributed by atoms with Gasteiger partial charge in [0.2, 0.25) is 0 Å². The van der Waals surface area contributed by atoms with E-state index < -0.39 is 0 Å². The Morgan fingerprint density at radius 1 is 1.41 bits per heavy atom. The van der Waals surface area contributed by atoms with Crippen molar-refractivity contribution in [2.75, 3.05) is 25.0 Å². The Bertz CT molecular complexity index is 384. The highest BCUT2D eigenvalue weighted by molar-refractivity contribution is 5.52. The molecular formula is C13H19N3O. The molecule has 0 radical (unpaired) electrons. The van der Waals surface area contributed by atoms with Crippen molar-refractivity contribution in [2.45, 2.75) is 31.6 Å². The summed E-state index contributed by atoms with van der Waals surface area (Å²) in [6.07, 6.45) is 7.13. The number of aromatic nitrogens is 1. The smallest absolute Gasteiger partial charge is 0.0755 e. The van der Waals surface area contributed by atoms with E-state index in [0.29, 0.717) is 12.2 Å². The number of nitrogens with one attached hydrogen (secondary N) is 1. The summed E-state index contributed by atoms with van der Waals surface area (Å²) in [7, 11) is 1.98. The van der Waals surface area contributed by atoms with Gasteiger partial charge >= 0.3 is 0 Å². The molecule has 2 fully saturated rings. The average molecular weight is 233 g/mol. The topological polar surface area (TPSA) is 37.4 Å². The molecule has 2 bridgehead atoms. The van der Waals surface area contributed by atoms with E-state index >= 15 is 0 Å². The Labute approximate surface area is 102 Å². The highest BCUT2D eigenvalue weighted by atomic mass is 16.5. The molecule has 0 aromatic carbocycles. The number of morpholine rings is 1. The summed E-state index contributed by atoms with van der Waals surface area (Å²) in [5.41, 5.74) is 2.59. The van der Waals surface area contributed by atoms with E-state index in [1.54, 1.807) is 0 Å². The van der Waals surface area contributed by atoms with Crippen LogP contribution in [-0.2, 0) is 11.3 Å². The maximum Gasteiger partial charge on any atom is 0.0755 e. The van der Waals surface area contributed by atoms with Crippen molar-refractivity contribution in [3.8, 4) is 0 Å². The largest absolute Gasteiger partial charge is 0.371 e. The van der Waals surface area contributed by atoms with Crippen LogP contribution in [-0.4, -0.2) is 37.3 Å². The zero-order valence-corrected chi connectivity index (χ0v) is 10.2. The van der Waals surface area contributed by atoms with Crippen molar-refractivity contribution >= 4 is 5.69 Å². The lowest BCUT2D eigenvalue weighted by molar-refractivity contribution is 0.0304. The second-order valence-corrected chi connectivity index (χ2v) is 4.90. The lowest BCUT2D eigenvalue weighted by Gasteiger charge is -2.34. The molecule has 2 aliphatic heterocycles. The van der Waals surface area contributed by atoms with Gasteiger partial charge in [0.1, 0.15) is 0 Å². The van der Waals surface area contributed by atoms with Crippen LogP contribution >= 0.6 is 0 Å². The van der Waals surface area contributed by atoms with Crippen LogP contribution < -0.4 is 10.2 Å². The van der Waals surface area contributed by atoms with Crippen LogP contribution in [0.3, 0.4) is 0 Å². The van der Waals surface area contributed by atoms with Crippen LogP contribution in [0.4, 0.5) is 5.69 Å². The maximum atomic E-state index is 5.87. The molecule has 0 aliphatic carbocycles. The molecule has 2 atom stereocenters. The molecule has 2 unspecified atom stereocenters. The molecule has 92 valence electrons. The number of fused-ring (bicyclic) bond motifs is 2. The third-order valence-corrected chi connectivity index (χ3v) is 3.64. The van der Waals surface area contributed by atoms with Crippen molar-refractivity contribution in [3.63, 3.8) is 0 Å². The Morgan fingerprint density at radius 3 is 2.88 bits per heavy atom. The molecule has 17 heavy (non-hydrogen) atoms. The average Bonchev–Trinajstić information content (AvgIpc) is 2.69. The number of hydrogen-bond donors (Lipinski definition) is 1. The Hall–Kier alpha value is -1.13. The first kappa shape index (κ1) is 11.0. The van der Waals surface area contributed by atoms with Crippen LogP contribution in [0.1, 0.15) is 18.4 Å². The van der Waals surface area contributed by atoms with Gasteiger partial charge in [0.05, 0.1) is 24.1 Å². The monoisotopic (exact) mass is 233 g/mol. The lowest BCUT2D eigenvalue weighted by Crippen LogP contribution is -2.43. The maximum absolute atomic E-state index is 5.87. The normalized spacial score (nSPS) is 27.5. The standard InChI is InChI=1S/C13H19N3O/c1-14-6-10-4-5-15-7-13(10)16-8-11-2-3-12(9-16)17-11/h4-5,7,11-12,14H,2-3,6,8-9H2,1H3. The molecule has 0 amide bonds. The Kier molecular flexibility index (Phi) is 2.99. The molecule has 3 heterocycles. The van der Waals surface area contributed by atoms with Gasteiger partial charge in [-0.05, 0) is 31.5 Å². The zero-order valence-electron chi connectivity index (χ0n) is 10.2. The minimum atomic E-state index is 0.427. The highest BCUT2D eigenvalue weighted by Crippen LogP contribution is 2.30. The number of rotatable bonds is 3. The first-order chi connectivity index (χ1) is 8.36. The van der Waals surface area contributed by atoms with E-state index in [1.807, 2.05) is 19.4 Å². The number of anilines is 1. The highest BCUT2D eigenvalue weighted by Gasteiger charge is 2.34. The van der Waals surface area contributed by atoms with Crippen LogP contribution in [0.5, 0.6) is 0 Å². The fraction of sp³-hybridized carbons (Fsp3) is 0.615. The van der Waals surface area contributed by atoms with Gasteiger partial charge in [-0.2, -0.15) is 0 Å². The van der Waals surface area contributed by atoms with E-state index in [4.69, 9.17) is 4.74 Å². The zero-order chi connectivity index (χ0) is 11.7. The van der Waals surface area contributed by atoms with Gasteiger partial charge in [-0.25, -0.2) is 0 Å². The van der Waals surface area contributed by atoms with E-state index in [1.165, 1.54) is 24.1 Å². The third kappa shape index (κ3) is 2.15. The van der Waals surface area contributed by atoms with E-state index in [2.05, 4.69) is 21.3 Å². The predicted octanol–water partition coefficient (Wildman–Crippen LogP) is 1.17. The minimum Gasteiger partial charge on any atom is -0.371 e. The second-order valence-electron chi connectivity index (χ2n) is 4.90. The summed E-state index contributed by atoms with van der Waals surface area (Å²) in [4.78, 5) is 6.70. The van der Waals surface area contributed by atoms with Gasteiger partial charge in [-0.3, -0.25) is 4.98 Å². The third-order valence-electron chi connectivity index (χ3n) is 3.64. The minimum absolute atomic E-state index is 0.427. The van der Waals surface area contributed by atoms with Crippen molar-refractivity contribution in [3.05, 3.63) is 24.0 Å². The predicted molar refractivity (Wildman–Crippen MR) is 67.1 cm³/mol. The van der Waals surface area contributed by atoms with Gasteiger partial charge < -0.3 is 15.0 Å². The fourth-order valence-electron chi connectivity index (χ4n) is 2.85. The molecule has 4 nitrogen and oxygen atoms in total. The summed E-state index contributed by atoms with van der Waals surface area (Å²) >= 11 is 0. The van der Waals surface area contributed by atoms with Gasteiger partial charge in [0, 0.05) is 25.8 Å². The van der Waals surface area contributed by atoms with Gasteiger partial charge in [-0.1, -0.05) is 0 Å². The summed E-state index contributed by atoms with van der Waals surface area (Å²) < 4.78 is 5.87. The molecule has 1 N–H and O–H groups in total. The lowest BCUT2D eigenvalue weighted by atomic mass is 10.2. The van der Waals surface area contributed by atoms with Gasteiger partial charge in [-0.15, -0.1) is 0 Å². The Balaban J connectivity index is 1.83. The number of pyridine rings is 1. The number of hydrogen-bond acceptors (Lipinski definition) is 4. The molecule has 1 aromatic rings. The van der Waals surface area contributed by atoms with E-state index in [0.717, 1.165) is 19.6 Å². The molecule has 1 aromatic heterocycles. The summed E-state index contributed by atoms with van der Waals surface area (Å²) in [6.45, 7) is 2.92. The quantitative estimate of drug-likeness (QED) is 0.850. The first-order valence-electron chi connectivity index (χ1n) is 6.34. The van der Waals surface area contributed by atoms with Crippen LogP contribution in [0.15, 0.2) is 18.5 Å². The number of ether oxygens (including phenoxy) is 1. The summed E-state index contributed by atoms with van der Waals surface area (Å²) in [5, 5.41) is 3.22. The summed E-state index contributed by atoms with van der Waals surface area (Å²) in [6, 6.07) is 2.10. The fourth-order valence-corrected chi connectivity index (χ4v) is 2.85. The molecule has 2 aliphatic rings. The molecule has 4 heteroatoms. The SMILES string of the molecule is CNCc1ccncc1N1CC2CCC(C1)O2. The van der Waals surface area contributed by atoms with Crippen LogP contribution in [0.2, 0.25) is 0 Å². The van der Waals surface area contributed by atoms with Gasteiger partial charge in [0.25, 0.3) is 0 Å². The van der Waals surface area contributed by atoms with E-state index in [9.17, 15) is 0 Å². The molecule has 0 saturated carbocycles. The van der Waals surface area contributed by atoms with E-state index in [-0.39, 0.29) is 0 Å². The van der Waals surface area contributed by atoms with Gasteiger partial charge in [0.15, 0.2) is 0 Å². The first-order valence-corrected chi connectivity index (χ1v) is 6.34. The van der Waals surface area contributed by atoms with Crippen LogP contribution in [0.25, 0.3) is 0 Å². The van der Waals surface area contributed by atoms with Crippen molar-refractivity contribution in [1.29, 1.82) is 0 Å². The number of nitrogens with zero attached hydrogens (tertiary/aromatic N) is 2. The second kappa shape index (κ2) is 4.63. The molecule has 0 spiro atoms.